The molecule has 0 fully saturated rings. The molecule has 0 amide bonds. The van der Waals surface area contributed by atoms with Crippen LogP contribution in [0.3, 0.4) is 0 Å². The predicted molar refractivity (Wildman–Crippen MR) is 77.8 cm³/mol. The zero-order valence-electron chi connectivity index (χ0n) is 10.9. The minimum absolute atomic E-state index is 0.317. The van der Waals surface area contributed by atoms with Crippen LogP contribution in [0.1, 0.15) is 24.1 Å². The number of H-pyrrole nitrogens is 1. The Hall–Kier alpha value is -2.13. The Morgan fingerprint density at radius 1 is 1.16 bits per heavy atom. The van der Waals surface area contributed by atoms with Gasteiger partial charge >= 0.3 is 0 Å². The van der Waals surface area contributed by atoms with Crippen molar-refractivity contribution in [3.05, 3.63) is 66.1 Å². The first-order valence-corrected chi connectivity index (χ1v) is 6.53. The quantitative estimate of drug-likeness (QED) is 0.746. The first-order chi connectivity index (χ1) is 9.34. The molecule has 1 aromatic carbocycles. The lowest BCUT2D eigenvalue weighted by Crippen LogP contribution is -2.18. The Kier molecular flexibility index (Phi) is 3.29. The van der Waals surface area contributed by atoms with E-state index >= 15 is 0 Å². The number of aromatic amines is 1. The van der Waals surface area contributed by atoms with Gasteiger partial charge in [0.1, 0.15) is 0 Å². The molecule has 2 N–H and O–H groups in total. The summed E-state index contributed by atoms with van der Waals surface area (Å²) in [7, 11) is 0. The van der Waals surface area contributed by atoms with Crippen molar-refractivity contribution in [3.8, 4) is 0 Å². The summed E-state index contributed by atoms with van der Waals surface area (Å²) < 4.78 is 0. The van der Waals surface area contributed by atoms with Crippen molar-refractivity contribution in [1.82, 2.24) is 15.3 Å². The summed E-state index contributed by atoms with van der Waals surface area (Å²) in [6.45, 7) is 3.03. The first kappa shape index (κ1) is 11.9. The third-order valence-corrected chi connectivity index (χ3v) is 3.49. The van der Waals surface area contributed by atoms with E-state index in [1.165, 1.54) is 22.0 Å². The zero-order valence-corrected chi connectivity index (χ0v) is 10.9. The molecule has 0 aliphatic heterocycles. The molecule has 0 aliphatic rings. The highest BCUT2D eigenvalue weighted by Crippen LogP contribution is 2.18. The highest BCUT2D eigenvalue weighted by molar-refractivity contribution is 5.82. The molecule has 0 radical (unpaired) electrons. The van der Waals surface area contributed by atoms with E-state index in [0.29, 0.717) is 6.04 Å². The molecule has 19 heavy (non-hydrogen) atoms. The first-order valence-electron chi connectivity index (χ1n) is 6.53. The monoisotopic (exact) mass is 251 g/mol. The van der Waals surface area contributed by atoms with E-state index in [9.17, 15) is 0 Å². The van der Waals surface area contributed by atoms with Gasteiger partial charge in [0.25, 0.3) is 0 Å². The lowest BCUT2D eigenvalue weighted by atomic mass is 10.1. The molecular weight excluding hydrogens is 234 g/mol. The fourth-order valence-corrected chi connectivity index (χ4v) is 2.34. The second kappa shape index (κ2) is 5.24. The SMILES string of the molecule is C[C@@H](NCc1cccc2[nH]ccc12)c1ccncc1. The minimum Gasteiger partial charge on any atom is -0.361 e. The smallest absolute Gasteiger partial charge is 0.0457 e. The number of benzene rings is 1. The largest absolute Gasteiger partial charge is 0.361 e. The van der Waals surface area contributed by atoms with Gasteiger partial charge in [-0.2, -0.15) is 0 Å². The summed E-state index contributed by atoms with van der Waals surface area (Å²) in [6.07, 6.45) is 5.65. The van der Waals surface area contributed by atoms with Gasteiger partial charge in [0.2, 0.25) is 0 Å². The molecule has 2 heterocycles. The predicted octanol–water partition coefficient (Wildman–Crippen LogP) is 3.41. The number of hydrogen-bond acceptors (Lipinski definition) is 2. The van der Waals surface area contributed by atoms with E-state index < -0.39 is 0 Å². The fourth-order valence-electron chi connectivity index (χ4n) is 2.34. The van der Waals surface area contributed by atoms with E-state index in [1.807, 2.05) is 18.6 Å². The van der Waals surface area contributed by atoms with Crippen LogP contribution in [0.4, 0.5) is 0 Å². The van der Waals surface area contributed by atoms with Gasteiger partial charge in [-0.15, -0.1) is 0 Å². The minimum atomic E-state index is 0.317. The number of rotatable bonds is 4. The average molecular weight is 251 g/mol. The molecule has 3 heteroatoms. The summed E-state index contributed by atoms with van der Waals surface area (Å²) in [5.41, 5.74) is 3.77. The van der Waals surface area contributed by atoms with Gasteiger partial charge < -0.3 is 10.3 Å². The Morgan fingerprint density at radius 2 is 2.00 bits per heavy atom. The van der Waals surface area contributed by atoms with Crippen molar-refractivity contribution in [2.75, 3.05) is 0 Å². The zero-order chi connectivity index (χ0) is 13.1. The molecule has 3 aromatic rings. The van der Waals surface area contributed by atoms with E-state index in [0.717, 1.165) is 6.54 Å². The fraction of sp³-hybridized carbons (Fsp3) is 0.188. The molecule has 0 spiro atoms. The highest BCUT2D eigenvalue weighted by Gasteiger charge is 2.06. The van der Waals surface area contributed by atoms with E-state index in [4.69, 9.17) is 0 Å². The molecule has 3 rings (SSSR count). The molecule has 96 valence electrons. The van der Waals surface area contributed by atoms with Crippen LogP contribution in [-0.4, -0.2) is 9.97 Å². The number of pyridine rings is 1. The van der Waals surface area contributed by atoms with Gasteiger partial charge in [-0.3, -0.25) is 4.98 Å². The summed E-state index contributed by atoms with van der Waals surface area (Å²) >= 11 is 0. The van der Waals surface area contributed by atoms with Gasteiger partial charge in [-0.05, 0) is 42.3 Å². The summed E-state index contributed by atoms with van der Waals surface area (Å²) in [5.74, 6) is 0. The van der Waals surface area contributed by atoms with Gasteiger partial charge in [-0.1, -0.05) is 12.1 Å². The number of hydrogen-bond donors (Lipinski definition) is 2. The molecule has 3 nitrogen and oxygen atoms in total. The Labute approximate surface area is 112 Å². The van der Waals surface area contributed by atoms with Crippen molar-refractivity contribution in [3.63, 3.8) is 0 Å². The van der Waals surface area contributed by atoms with Gasteiger partial charge in [0.15, 0.2) is 0 Å². The standard InChI is InChI=1S/C16H17N3/c1-12(13-5-8-17-9-6-13)19-11-14-3-2-4-16-15(14)7-10-18-16/h2-10,12,18-19H,11H2,1H3/t12-/m1/s1. The lowest BCUT2D eigenvalue weighted by molar-refractivity contribution is 0.576. The maximum absolute atomic E-state index is 4.05. The van der Waals surface area contributed by atoms with Crippen LogP contribution in [-0.2, 0) is 6.54 Å². The second-order valence-electron chi connectivity index (χ2n) is 4.74. The average Bonchev–Trinajstić information content (AvgIpc) is 2.94. The van der Waals surface area contributed by atoms with Crippen LogP contribution in [0.2, 0.25) is 0 Å². The number of nitrogens with zero attached hydrogens (tertiary/aromatic N) is 1. The summed E-state index contributed by atoms with van der Waals surface area (Å²) in [4.78, 5) is 7.29. The molecule has 2 aromatic heterocycles. The van der Waals surface area contributed by atoms with Crippen molar-refractivity contribution in [2.24, 2.45) is 0 Å². The van der Waals surface area contributed by atoms with Crippen LogP contribution in [0.5, 0.6) is 0 Å². The number of fused-ring (bicyclic) bond motifs is 1. The number of nitrogens with one attached hydrogen (secondary N) is 2. The third kappa shape index (κ3) is 2.51. The van der Waals surface area contributed by atoms with Crippen molar-refractivity contribution in [1.29, 1.82) is 0 Å². The topological polar surface area (TPSA) is 40.7 Å². The maximum atomic E-state index is 4.05. The van der Waals surface area contributed by atoms with Crippen LogP contribution < -0.4 is 5.32 Å². The van der Waals surface area contributed by atoms with Gasteiger partial charge in [0, 0.05) is 42.1 Å². The van der Waals surface area contributed by atoms with Crippen molar-refractivity contribution in [2.45, 2.75) is 19.5 Å². The van der Waals surface area contributed by atoms with Crippen molar-refractivity contribution < 1.29 is 0 Å². The maximum Gasteiger partial charge on any atom is 0.0457 e. The Morgan fingerprint density at radius 3 is 2.84 bits per heavy atom. The van der Waals surface area contributed by atoms with Crippen LogP contribution in [0.15, 0.2) is 55.0 Å². The highest BCUT2D eigenvalue weighted by atomic mass is 14.9. The van der Waals surface area contributed by atoms with Crippen molar-refractivity contribution >= 4 is 10.9 Å². The molecular formula is C16H17N3. The van der Waals surface area contributed by atoms with Crippen LogP contribution >= 0.6 is 0 Å². The molecule has 0 aliphatic carbocycles. The molecule has 0 bridgehead atoms. The van der Waals surface area contributed by atoms with Crippen LogP contribution in [0, 0.1) is 0 Å². The Bertz CT molecular complexity index is 658. The molecule has 0 unspecified atom stereocenters. The normalized spacial score (nSPS) is 12.7. The Balaban J connectivity index is 1.74. The third-order valence-electron chi connectivity index (χ3n) is 3.49. The van der Waals surface area contributed by atoms with E-state index in [2.05, 4.69) is 58.6 Å². The summed E-state index contributed by atoms with van der Waals surface area (Å²) in [6, 6.07) is 12.9. The van der Waals surface area contributed by atoms with E-state index in [1.54, 1.807) is 0 Å². The molecule has 1 atom stereocenters. The summed E-state index contributed by atoms with van der Waals surface area (Å²) in [5, 5.41) is 4.84. The van der Waals surface area contributed by atoms with Gasteiger partial charge in [-0.25, -0.2) is 0 Å². The molecule has 0 saturated carbocycles. The van der Waals surface area contributed by atoms with E-state index in [-0.39, 0.29) is 0 Å². The lowest BCUT2D eigenvalue weighted by Gasteiger charge is -2.14. The van der Waals surface area contributed by atoms with Crippen LogP contribution in [0.25, 0.3) is 10.9 Å². The molecule has 0 saturated heterocycles. The van der Waals surface area contributed by atoms with Gasteiger partial charge in [0.05, 0.1) is 0 Å². The second-order valence-corrected chi connectivity index (χ2v) is 4.74. The number of aromatic nitrogens is 2.